The Morgan fingerprint density at radius 1 is 0.349 bits per heavy atom. The molecule has 9 nitrogen and oxygen atoms in total. The van der Waals surface area contributed by atoms with Gasteiger partial charge < -0.3 is 24.9 Å². The van der Waals surface area contributed by atoms with Crippen LogP contribution in [0.5, 0.6) is 0 Å². The molecule has 5 N–H and O–H groups in total. The van der Waals surface area contributed by atoms with Gasteiger partial charge in [-0.2, -0.15) is 0 Å². The van der Waals surface area contributed by atoms with Crippen LogP contribution in [0.3, 0.4) is 0 Å². The molecule has 9 heteroatoms. The van der Waals surface area contributed by atoms with E-state index in [-0.39, 0.29) is 0 Å². The van der Waals surface area contributed by atoms with Crippen molar-refractivity contribution in [2.75, 3.05) is 13.1 Å². The van der Waals surface area contributed by atoms with Crippen molar-refractivity contribution in [3.63, 3.8) is 0 Å². The molecule has 7 rings (SSSR count). The number of nitrogens with one attached hydrogen (secondary N) is 5. The van der Waals surface area contributed by atoms with Gasteiger partial charge in [0.15, 0.2) is 0 Å². The molecule has 0 aliphatic carbocycles. The van der Waals surface area contributed by atoms with Crippen LogP contribution in [0.15, 0.2) is 60.7 Å². The van der Waals surface area contributed by atoms with E-state index in [2.05, 4.69) is 119 Å². The highest BCUT2D eigenvalue weighted by atomic mass is 15.2. The summed E-state index contributed by atoms with van der Waals surface area (Å²) in [4.78, 5) is 28.8. The molecule has 0 fully saturated rings. The van der Waals surface area contributed by atoms with Crippen molar-refractivity contribution in [1.82, 2.24) is 44.5 Å². The van der Waals surface area contributed by atoms with E-state index in [9.17, 15) is 0 Å². The average molecular weight is 580 g/mol. The Balaban J connectivity index is 1.27. The van der Waals surface area contributed by atoms with Crippen LogP contribution < -0.4 is 0 Å². The molecule has 12 bridgehead atoms. The number of hydrogen-bond acceptors (Lipinski definition) is 4. The molecule has 0 radical (unpaired) electrons. The zero-order valence-electron chi connectivity index (χ0n) is 25.5. The summed E-state index contributed by atoms with van der Waals surface area (Å²) >= 11 is 0. The van der Waals surface area contributed by atoms with Gasteiger partial charge in [-0.1, -0.05) is 13.8 Å². The van der Waals surface area contributed by atoms with E-state index in [1.54, 1.807) is 0 Å². The molecule has 0 atom stereocenters. The molecule has 0 saturated heterocycles. The molecule has 0 saturated carbocycles. The van der Waals surface area contributed by atoms with Crippen LogP contribution in [-0.4, -0.2) is 57.6 Å². The van der Waals surface area contributed by atoms with Crippen LogP contribution in [0.25, 0.3) is 0 Å². The average Bonchev–Trinajstić information content (AvgIpc) is 3.82. The number of nitrogens with zero attached hydrogens (tertiary/aromatic N) is 4. The predicted octanol–water partition coefficient (Wildman–Crippen LogP) is 5.40. The quantitative estimate of drug-likeness (QED) is 0.194. The van der Waals surface area contributed by atoms with Crippen molar-refractivity contribution in [1.29, 1.82) is 0 Å². The maximum absolute atomic E-state index is 3.77. The predicted molar refractivity (Wildman–Crippen MR) is 169 cm³/mol. The van der Waals surface area contributed by atoms with Crippen molar-refractivity contribution < 1.29 is 0 Å². The van der Waals surface area contributed by atoms with Crippen LogP contribution in [-0.2, 0) is 65.4 Å². The van der Waals surface area contributed by atoms with Gasteiger partial charge in [-0.05, 0) is 73.8 Å². The Kier molecular flexibility index (Phi) is 8.12. The lowest BCUT2D eigenvalue weighted by Crippen LogP contribution is -2.25. The molecule has 0 aromatic carbocycles. The first-order valence-corrected chi connectivity index (χ1v) is 15.8. The first-order valence-electron chi connectivity index (χ1n) is 15.8. The second-order valence-electron chi connectivity index (χ2n) is 12.4. The van der Waals surface area contributed by atoms with Crippen molar-refractivity contribution in [3.8, 4) is 0 Å². The lowest BCUT2D eigenvalue weighted by molar-refractivity contribution is 0.231. The summed E-state index contributed by atoms with van der Waals surface area (Å²) in [6.45, 7) is 15.2. The highest BCUT2D eigenvalue weighted by Crippen LogP contribution is 2.20. The normalized spacial score (nSPS) is 20.8. The largest absolute Gasteiger partial charge is 0.360 e. The first kappa shape index (κ1) is 28.0. The Hall–Kier alpha value is -3.76. The zero-order chi connectivity index (χ0) is 29.2. The van der Waals surface area contributed by atoms with Gasteiger partial charge in [-0.3, -0.25) is 19.6 Å². The minimum absolute atomic E-state index is 0.852. The van der Waals surface area contributed by atoms with E-state index in [0.717, 1.165) is 78.5 Å². The number of H-pyrrole nitrogens is 5. The van der Waals surface area contributed by atoms with Crippen molar-refractivity contribution in [2.24, 2.45) is 0 Å². The molecule has 226 valence electrons. The van der Waals surface area contributed by atoms with E-state index in [1.165, 1.54) is 56.9 Å². The van der Waals surface area contributed by atoms with Gasteiger partial charge >= 0.3 is 0 Å². The van der Waals surface area contributed by atoms with Gasteiger partial charge in [0.1, 0.15) is 0 Å². The topological polar surface area (TPSA) is 91.9 Å². The van der Waals surface area contributed by atoms with Gasteiger partial charge in [0.05, 0.1) is 0 Å². The van der Waals surface area contributed by atoms with E-state index in [0.29, 0.717) is 0 Å². The van der Waals surface area contributed by atoms with Gasteiger partial charge in [0.25, 0.3) is 0 Å². The third kappa shape index (κ3) is 6.91. The zero-order valence-corrected chi connectivity index (χ0v) is 25.5. The Morgan fingerprint density at radius 3 is 0.721 bits per heavy atom. The maximum atomic E-state index is 3.77. The molecule has 5 aromatic heterocycles. The monoisotopic (exact) mass is 579 g/mol. The fraction of sp³-hybridized carbons (Fsp3) is 0.412. The van der Waals surface area contributed by atoms with Crippen LogP contribution in [0.4, 0.5) is 0 Å². The number of rotatable bonds is 2. The van der Waals surface area contributed by atoms with Gasteiger partial charge in [-0.15, -0.1) is 0 Å². The summed E-state index contributed by atoms with van der Waals surface area (Å²) in [5, 5.41) is 0. The Labute approximate surface area is 254 Å². The second-order valence-corrected chi connectivity index (χ2v) is 12.4. The summed E-state index contributed by atoms with van der Waals surface area (Å²) in [7, 11) is 0. The summed E-state index contributed by atoms with van der Waals surface area (Å²) in [5.41, 5.74) is 12.6. The molecule has 5 aromatic rings. The molecular weight excluding hydrogens is 534 g/mol. The summed E-state index contributed by atoms with van der Waals surface area (Å²) in [6.07, 6.45) is 0. The molecule has 0 spiro atoms. The third-order valence-corrected chi connectivity index (χ3v) is 8.87. The summed E-state index contributed by atoms with van der Waals surface area (Å²) in [6, 6.07) is 22.6. The number of aromatic amines is 5. The van der Waals surface area contributed by atoms with Crippen molar-refractivity contribution in [2.45, 2.75) is 79.3 Å². The van der Waals surface area contributed by atoms with E-state index in [4.69, 9.17) is 0 Å². The second kappa shape index (κ2) is 12.5. The van der Waals surface area contributed by atoms with Gasteiger partial charge in [0.2, 0.25) is 0 Å². The molecule has 2 aliphatic rings. The van der Waals surface area contributed by atoms with E-state index >= 15 is 0 Å². The molecular formula is C34H45N9. The first-order chi connectivity index (χ1) is 21.1. The lowest BCUT2D eigenvalue weighted by Gasteiger charge is -2.23. The highest BCUT2D eigenvalue weighted by molar-refractivity contribution is 5.20. The highest BCUT2D eigenvalue weighted by Gasteiger charge is 2.18. The van der Waals surface area contributed by atoms with Gasteiger partial charge in [0, 0.05) is 122 Å². The standard InChI is InChI=1S/C34H45N9/c1-3-40-15-25-5-9-29(35-25)19-42-21-31-11-7-27(37-31)17-41(4-2)18-28-8-12-32(38-28)22-43(20-30-10-6-26(16-40)36-30)24-34-14-13-33(23-42)39-34/h5-14,35-39H,3-4,15-24H2,1-2H3. The molecule has 0 amide bonds. The maximum Gasteiger partial charge on any atom is 0.0393 e. The third-order valence-electron chi connectivity index (χ3n) is 8.87. The summed E-state index contributed by atoms with van der Waals surface area (Å²) < 4.78 is 0. The lowest BCUT2D eigenvalue weighted by atomic mass is 10.3. The smallest absolute Gasteiger partial charge is 0.0393 e. The summed E-state index contributed by atoms with van der Waals surface area (Å²) in [5.74, 6) is 0. The Bertz CT molecular complexity index is 1400. The SMILES string of the molecule is CCN1Cc2ccc([nH]2)CN2Cc3ccc([nH]3)CN(CC)Cc3ccc([nH]3)CN(Cc3ccc([nH]3)C1)Cc1ccc([nH]1)C2. The van der Waals surface area contributed by atoms with Crippen LogP contribution in [0.1, 0.15) is 70.8 Å². The molecule has 0 unspecified atom stereocenters. The minimum atomic E-state index is 0.852. The fourth-order valence-electron chi connectivity index (χ4n) is 6.68. The van der Waals surface area contributed by atoms with Gasteiger partial charge in [-0.25, -0.2) is 0 Å². The van der Waals surface area contributed by atoms with Crippen molar-refractivity contribution in [3.05, 3.63) is 118 Å². The fourth-order valence-corrected chi connectivity index (χ4v) is 6.68. The van der Waals surface area contributed by atoms with E-state index in [1.807, 2.05) is 0 Å². The van der Waals surface area contributed by atoms with Crippen LogP contribution in [0, 0.1) is 0 Å². The Morgan fingerprint density at radius 2 is 0.535 bits per heavy atom. The molecule has 2 aliphatic heterocycles. The number of aromatic nitrogens is 5. The van der Waals surface area contributed by atoms with Crippen molar-refractivity contribution >= 4 is 0 Å². The van der Waals surface area contributed by atoms with E-state index < -0.39 is 0 Å². The number of hydrogen-bond donors (Lipinski definition) is 5. The minimum Gasteiger partial charge on any atom is -0.360 e. The number of fused-ring (bicyclic) bond motifs is 10. The van der Waals surface area contributed by atoms with Crippen LogP contribution in [0.2, 0.25) is 0 Å². The molecule has 43 heavy (non-hydrogen) atoms. The van der Waals surface area contributed by atoms with Crippen LogP contribution >= 0.6 is 0 Å². The molecule has 7 heterocycles.